The summed E-state index contributed by atoms with van der Waals surface area (Å²) < 4.78 is 68.1. The fourth-order valence-corrected chi connectivity index (χ4v) is 11.9. The molecule has 0 fully saturated rings. The van der Waals surface area contributed by atoms with Crippen LogP contribution in [0.3, 0.4) is 0 Å². The Morgan fingerprint density at radius 3 is 0.807 bits per heavy atom. The number of carbonyl (C=O) groups excluding carboxylic acids is 4. The Hall–Kier alpha value is -1.94. The van der Waals surface area contributed by atoms with Crippen LogP contribution in [0.1, 0.15) is 338 Å². The third kappa shape index (κ3) is 61.6. The summed E-state index contributed by atoms with van der Waals surface area (Å²) in [6.45, 7) is 14.0. The van der Waals surface area contributed by atoms with Crippen molar-refractivity contribution in [3.05, 3.63) is 0 Å². The van der Waals surface area contributed by atoms with Crippen molar-refractivity contribution >= 4 is 39.5 Å². The average molecular weight is 1300 g/mol. The second kappa shape index (κ2) is 58.8. The van der Waals surface area contributed by atoms with Gasteiger partial charge in [-0.05, 0) is 49.4 Å². The van der Waals surface area contributed by atoms with Crippen molar-refractivity contribution in [1.29, 1.82) is 0 Å². The van der Waals surface area contributed by atoms with E-state index in [2.05, 4.69) is 55.4 Å². The van der Waals surface area contributed by atoms with Crippen LogP contribution >= 0.6 is 15.6 Å². The molecule has 6 atom stereocenters. The first-order valence-corrected chi connectivity index (χ1v) is 38.7. The smallest absolute Gasteiger partial charge is 0.462 e. The zero-order valence-electron chi connectivity index (χ0n) is 57.3. The molecule has 3 N–H and O–H groups in total. The van der Waals surface area contributed by atoms with E-state index < -0.39 is 97.5 Å². The lowest BCUT2D eigenvalue weighted by molar-refractivity contribution is -0.161. The standard InChI is InChI=1S/C69H134O17P2/c1-9-62(8)48-40-32-26-28-34-42-50-67(72)80-56-64(85-68(73)51-43-35-23-19-17-15-13-11-10-12-14-16-18-21-29-37-45-59(2)3)57-83-87(75,76)81-53-63(70)54-82-88(77,78)84-58-65(86-69(74)52-44-36-27-25-31-39-47-61(6)7)55-79-66(71)49-41-33-24-20-22-30-38-46-60(4)5/h59-65,70H,9-58H2,1-8H3,(H,75,76)(H,77,78)/t62?,63-,64+,65+/m0/s1. The fraction of sp³-hybridized carbons (Fsp3) is 0.942. The van der Waals surface area contributed by atoms with E-state index in [0.29, 0.717) is 37.5 Å². The quantitative estimate of drug-likeness (QED) is 0.0222. The molecule has 0 saturated carbocycles. The molecule has 0 bridgehead atoms. The number of aliphatic hydroxyl groups is 1. The molecular formula is C69H134O17P2. The number of aliphatic hydroxyl groups excluding tert-OH is 1. The maximum atomic E-state index is 13.0. The number of carbonyl (C=O) groups is 4. The van der Waals surface area contributed by atoms with E-state index >= 15 is 0 Å². The van der Waals surface area contributed by atoms with Gasteiger partial charge in [0.25, 0.3) is 0 Å². The van der Waals surface area contributed by atoms with Crippen LogP contribution in [0.4, 0.5) is 0 Å². The Balaban J connectivity index is 5.18. The summed E-state index contributed by atoms with van der Waals surface area (Å²) in [5.41, 5.74) is 0. The monoisotopic (exact) mass is 1300 g/mol. The van der Waals surface area contributed by atoms with Gasteiger partial charge < -0.3 is 33.8 Å². The summed E-state index contributed by atoms with van der Waals surface area (Å²) in [5.74, 6) is 0.777. The molecule has 0 radical (unpaired) electrons. The van der Waals surface area contributed by atoms with E-state index in [4.69, 9.17) is 37.0 Å². The number of phosphoric acid groups is 2. The van der Waals surface area contributed by atoms with Crippen molar-refractivity contribution < 1.29 is 80.2 Å². The average Bonchev–Trinajstić information content (AvgIpc) is 3.64. The molecule has 0 spiro atoms. The van der Waals surface area contributed by atoms with Gasteiger partial charge >= 0.3 is 39.5 Å². The summed E-state index contributed by atoms with van der Waals surface area (Å²) in [6, 6.07) is 0. The number of phosphoric ester groups is 2. The minimum absolute atomic E-state index is 0.101. The van der Waals surface area contributed by atoms with Crippen molar-refractivity contribution in [1.82, 2.24) is 0 Å². The molecular weight excluding hydrogens is 1160 g/mol. The third-order valence-corrected chi connectivity index (χ3v) is 18.1. The Labute approximate surface area is 537 Å². The van der Waals surface area contributed by atoms with Crippen LogP contribution in [0, 0.1) is 23.7 Å². The van der Waals surface area contributed by atoms with Gasteiger partial charge in [0, 0.05) is 25.7 Å². The lowest BCUT2D eigenvalue weighted by atomic mass is 10.00. The van der Waals surface area contributed by atoms with E-state index in [-0.39, 0.29) is 25.7 Å². The van der Waals surface area contributed by atoms with Crippen LogP contribution in [0.2, 0.25) is 0 Å². The van der Waals surface area contributed by atoms with E-state index in [1.165, 1.54) is 128 Å². The van der Waals surface area contributed by atoms with Gasteiger partial charge in [0.15, 0.2) is 12.2 Å². The maximum absolute atomic E-state index is 13.0. The summed E-state index contributed by atoms with van der Waals surface area (Å²) >= 11 is 0. The molecule has 0 saturated heterocycles. The van der Waals surface area contributed by atoms with Gasteiger partial charge in [0.2, 0.25) is 0 Å². The van der Waals surface area contributed by atoms with Crippen LogP contribution < -0.4 is 0 Å². The highest BCUT2D eigenvalue weighted by atomic mass is 31.2. The first-order valence-electron chi connectivity index (χ1n) is 35.7. The van der Waals surface area contributed by atoms with Gasteiger partial charge in [0.1, 0.15) is 19.3 Å². The van der Waals surface area contributed by atoms with Crippen molar-refractivity contribution in [2.45, 2.75) is 356 Å². The van der Waals surface area contributed by atoms with Crippen LogP contribution in [0.25, 0.3) is 0 Å². The molecule has 0 aromatic rings. The van der Waals surface area contributed by atoms with Gasteiger partial charge in [-0.25, -0.2) is 9.13 Å². The molecule has 522 valence electrons. The first kappa shape index (κ1) is 86.1. The number of esters is 4. The molecule has 0 aliphatic rings. The van der Waals surface area contributed by atoms with Gasteiger partial charge in [-0.2, -0.15) is 0 Å². The normalized spacial score (nSPS) is 14.6. The van der Waals surface area contributed by atoms with Crippen LogP contribution in [0.5, 0.6) is 0 Å². The Kier molecular flexibility index (Phi) is 57.6. The molecule has 88 heavy (non-hydrogen) atoms. The molecule has 17 nitrogen and oxygen atoms in total. The fourth-order valence-electron chi connectivity index (χ4n) is 10.3. The SMILES string of the molecule is CCC(C)CCCCCCCCC(=O)OC[C@H](COP(=O)(O)OC[C@H](O)COP(=O)(O)OC[C@@H](COC(=O)CCCCCCCCCC(C)C)OC(=O)CCCCCCCCC(C)C)OC(=O)CCCCCCCCCCCCCCCCCCC(C)C. The molecule has 0 aromatic carbocycles. The van der Waals surface area contributed by atoms with E-state index in [9.17, 15) is 43.2 Å². The number of hydrogen-bond acceptors (Lipinski definition) is 15. The summed E-state index contributed by atoms with van der Waals surface area (Å²) in [6.07, 6.45) is 40.7. The molecule has 0 aromatic heterocycles. The van der Waals surface area contributed by atoms with Crippen molar-refractivity contribution in [2.24, 2.45) is 23.7 Å². The summed E-state index contributed by atoms with van der Waals surface area (Å²) in [7, 11) is -9.90. The molecule has 0 aliphatic heterocycles. The highest BCUT2D eigenvalue weighted by Crippen LogP contribution is 2.45. The molecule has 0 aliphatic carbocycles. The second-order valence-electron chi connectivity index (χ2n) is 26.6. The highest BCUT2D eigenvalue weighted by molar-refractivity contribution is 7.47. The second-order valence-corrected chi connectivity index (χ2v) is 29.5. The van der Waals surface area contributed by atoms with Crippen molar-refractivity contribution in [3.8, 4) is 0 Å². The molecule has 0 amide bonds. The summed E-state index contributed by atoms with van der Waals surface area (Å²) in [4.78, 5) is 72.4. The molecule has 0 rings (SSSR count). The Morgan fingerprint density at radius 1 is 0.318 bits per heavy atom. The lowest BCUT2D eigenvalue weighted by Crippen LogP contribution is -2.30. The number of ether oxygens (including phenoxy) is 4. The van der Waals surface area contributed by atoms with Crippen molar-refractivity contribution in [3.63, 3.8) is 0 Å². The Morgan fingerprint density at radius 2 is 0.545 bits per heavy atom. The van der Waals surface area contributed by atoms with Crippen LogP contribution in [-0.4, -0.2) is 96.7 Å². The topological polar surface area (TPSA) is 237 Å². The van der Waals surface area contributed by atoms with E-state index in [1.807, 2.05) is 0 Å². The number of rotatable bonds is 66. The molecule has 3 unspecified atom stereocenters. The van der Waals surface area contributed by atoms with E-state index in [1.54, 1.807) is 0 Å². The molecule has 19 heteroatoms. The highest BCUT2D eigenvalue weighted by Gasteiger charge is 2.30. The zero-order valence-corrected chi connectivity index (χ0v) is 59.1. The van der Waals surface area contributed by atoms with E-state index in [0.717, 1.165) is 115 Å². The predicted octanol–water partition coefficient (Wildman–Crippen LogP) is 19.3. The predicted molar refractivity (Wildman–Crippen MR) is 354 cm³/mol. The molecule has 0 heterocycles. The van der Waals surface area contributed by atoms with Gasteiger partial charge in [-0.15, -0.1) is 0 Å². The largest absolute Gasteiger partial charge is 0.472 e. The summed E-state index contributed by atoms with van der Waals surface area (Å²) in [5, 5.41) is 10.6. The third-order valence-electron chi connectivity index (χ3n) is 16.2. The lowest BCUT2D eigenvalue weighted by Gasteiger charge is -2.21. The number of hydrogen-bond donors (Lipinski definition) is 3. The minimum Gasteiger partial charge on any atom is -0.462 e. The minimum atomic E-state index is -4.95. The number of unbranched alkanes of at least 4 members (excludes halogenated alkanes) is 31. The van der Waals surface area contributed by atoms with Gasteiger partial charge in [0.05, 0.1) is 26.4 Å². The first-order chi connectivity index (χ1) is 42.1. The van der Waals surface area contributed by atoms with Crippen LogP contribution in [0.15, 0.2) is 0 Å². The maximum Gasteiger partial charge on any atom is 0.472 e. The van der Waals surface area contributed by atoms with Crippen molar-refractivity contribution in [2.75, 3.05) is 39.6 Å². The van der Waals surface area contributed by atoms with Crippen LogP contribution in [-0.2, 0) is 65.4 Å². The van der Waals surface area contributed by atoms with Gasteiger partial charge in [-0.1, -0.05) is 287 Å². The van der Waals surface area contributed by atoms with Gasteiger partial charge in [-0.3, -0.25) is 37.3 Å². The zero-order chi connectivity index (χ0) is 65.4. The Bertz CT molecular complexity index is 1750.